The molecule has 0 radical (unpaired) electrons. The van der Waals surface area contributed by atoms with E-state index >= 15 is 0 Å². The second-order valence-corrected chi connectivity index (χ2v) is 6.46. The third-order valence-electron chi connectivity index (χ3n) is 4.09. The minimum atomic E-state index is -5.13. The zero-order valence-corrected chi connectivity index (χ0v) is 16.8. The van der Waals surface area contributed by atoms with E-state index < -0.39 is 30.6 Å². The summed E-state index contributed by atoms with van der Waals surface area (Å²) in [5, 5.41) is 13.4. The molecule has 6 N–H and O–H groups in total. The molecule has 0 saturated carbocycles. The van der Waals surface area contributed by atoms with Gasteiger partial charge in [0.2, 0.25) is 5.95 Å². The van der Waals surface area contributed by atoms with Gasteiger partial charge in [-0.1, -0.05) is 0 Å². The summed E-state index contributed by atoms with van der Waals surface area (Å²) in [5.74, 6) is -3.80. The first-order valence-corrected chi connectivity index (χ1v) is 9.31. The maximum Gasteiger partial charge on any atom is 0.490 e. The number of nitrogens with zero attached hydrogens (tertiary/aromatic N) is 5. The van der Waals surface area contributed by atoms with E-state index in [9.17, 15) is 27.6 Å². The van der Waals surface area contributed by atoms with Crippen LogP contribution in [0.25, 0.3) is 5.52 Å². The van der Waals surface area contributed by atoms with Crippen LogP contribution in [-0.2, 0) is 16.1 Å². The van der Waals surface area contributed by atoms with E-state index in [2.05, 4.69) is 30.6 Å². The molecule has 13 nitrogen and oxygen atoms in total. The number of ether oxygens (including phenoxy) is 1. The van der Waals surface area contributed by atoms with Crippen molar-refractivity contribution in [1.29, 1.82) is 0 Å². The van der Waals surface area contributed by atoms with Crippen LogP contribution in [0.1, 0.15) is 21.0 Å². The molecule has 3 aromatic heterocycles. The van der Waals surface area contributed by atoms with Crippen molar-refractivity contribution in [3.05, 3.63) is 35.9 Å². The van der Waals surface area contributed by atoms with E-state index in [1.807, 2.05) is 0 Å². The first kappa shape index (κ1) is 23.5. The molecule has 0 aliphatic heterocycles. The molecular formula is C17H18F3N9O4. The fraction of sp³-hybridized carbons (Fsp3) is 0.294. The van der Waals surface area contributed by atoms with Gasteiger partial charge in [0.15, 0.2) is 5.69 Å². The number of amides is 2. The number of hydrogen-bond acceptors (Lipinski definition) is 9. The summed E-state index contributed by atoms with van der Waals surface area (Å²) in [6, 6.07) is 3.06. The highest BCUT2D eigenvalue weighted by Crippen LogP contribution is 2.18. The largest absolute Gasteiger partial charge is 0.490 e. The van der Waals surface area contributed by atoms with Gasteiger partial charge in [0.05, 0.1) is 23.9 Å². The number of halogens is 3. The SMILES string of the molecule is NCCNc1ncc2ccc(C(=O)Nc3cn(CCOC(=O)C(F)(F)F)nc3C(N)=O)n2n1. The van der Waals surface area contributed by atoms with Crippen molar-refractivity contribution >= 4 is 34.9 Å². The molecule has 0 atom stereocenters. The molecule has 3 aromatic rings. The van der Waals surface area contributed by atoms with Gasteiger partial charge in [0.25, 0.3) is 11.8 Å². The van der Waals surface area contributed by atoms with Crippen molar-refractivity contribution in [1.82, 2.24) is 24.4 Å². The smallest absolute Gasteiger partial charge is 0.457 e. The predicted molar refractivity (Wildman–Crippen MR) is 106 cm³/mol. The quantitative estimate of drug-likeness (QED) is 0.307. The molecule has 2 amide bonds. The number of rotatable bonds is 9. The average Bonchev–Trinajstić information content (AvgIpc) is 3.35. The lowest BCUT2D eigenvalue weighted by Gasteiger charge is -2.07. The van der Waals surface area contributed by atoms with E-state index in [1.54, 1.807) is 6.07 Å². The van der Waals surface area contributed by atoms with Crippen LogP contribution in [0.5, 0.6) is 0 Å². The van der Waals surface area contributed by atoms with Gasteiger partial charge >= 0.3 is 12.1 Å². The third kappa shape index (κ3) is 5.53. The predicted octanol–water partition coefficient (Wildman–Crippen LogP) is -0.247. The number of aromatic nitrogens is 5. The second-order valence-electron chi connectivity index (χ2n) is 6.46. The molecule has 0 aliphatic rings. The fourth-order valence-corrected chi connectivity index (χ4v) is 2.65. The summed E-state index contributed by atoms with van der Waals surface area (Å²) in [6.45, 7) is -0.247. The Morgan fingerprint density at radius 2 is 1.94 bits per heavy atom. The minimum absolute atomic E-state index is 0.0884. The Morgan fingerprint density at radius 3 is 2.61 bits per heavy atom. The second kappa shape index (κ2) is 9.51. The van der Waals surface area contributed by atoms with Gasteiger partial charge in [-0.05, 0) is 12.1 Å². The highest BCUT2D eigenvalue weighted by atomic mass is 19.4. The number of primary amides is 1. The van der Waals surface area contributed by atoms with Crippen LogP contribution in [-0.4, -0.2) is 68.0 Å². The van der Waals surface area contributed by atoms with E-state index in [-0.39, 0.29) is 29.6 Å². The Kier molecular flexibility index (Phi) is 6.76. The lowest BCUT2D eigenvalue weighted by atomic mass is 10.3. The Balaban J connectivity index is 1.76. The van der Waals surface area contributed by atoms with E-state index in [0.29, 0.717) is 18.6 Å². The van der Waals surface area contributed by atoms with Crippen molar-refractivity contribution in [2.75, 3.05) is 30.3 Å². The van der Waals surface area contributed by atoms with Crippen LogP contribution < -0.4 is 22.1 Å². The number of anilines is 2. The first-order chi connectivity index (χ1) is 15.6. The summed E-state index contributed by atoms with van der Waals surface area (Å²) in [7, 11) is 0. The molecule has 3 heterocycles. The summed E-state index contributed by atoms with van der Waals surface area (Å²) in [4.78, 5) is 39.3. The average molecular weight is 469 g/mol. The molecule has 0 aliphatic carbocycles. The van der Waals surface area contributed by atoms with Gasteiger partial charge in [0, 0.05) is 19.3 Å². The van der Waals surface area contributed by atoms with E-state index in [4.69, 9.17) is 11.5 Å². The molecule has 0 bridgehead atoms. The van der Waals surface area contributed by atoms with E-state index in [1.165, 1.54) is 23.0 Å². The number of hydrogen-bond donors (Lipinski definition) is 4. The van der Waals surface area contributed by atoms with Crippen molar-refractivity contribution in [3.8, 4) is 0 Å². The molecule has 0 unspecified atom stereocenters. The van der Waals surface area contributed by atoms with Crippen LogP contribution in [0, 0.1) is 0 Å². The van der Waals surface area contributed by atoms with Gasteiger partial charge < -0.3 is 26.8 Å². The number of carbonyl (C=O) groups is 3. The molecular weight excluding hydrogens is 451 g/mol. The Bertz CT molecular complexity index is 1190. The zero-order chi connectivity index (χ0) is 24.2. The Hall–Kier alpha value is -4.21. The zero-order valence-electron chi connectivity index (χ0n) is 16.8. The molecule has 0 fully saturated rings. The van der Waals surface area contributed by atoms with Crippen LogP contribution in [0.3, 0.4) is 0 Å². The number of alkyl halides is 3. The van der Waals surface area contributed by atoms with Gasteiger partial charge in [-0.2, -0.15) is 18.3 Å². The van der Waals surface area contributed by atoms with Crippen LogP contribution >= 0.6 is 0 Å². The summed E-state index contributed by atoms with van der Waals surface area (Å²) < 4.78 is 43.0. The normalized spacial score (nSPS) is 11.4. The number of esters is 1. The summed E-state index contributed by atoms with van der Waals surface area (Å²) in [6.07, 6.45) is -2.49. The Labute approximate surface area is 182 Å². The number of fused-ring (bicyclic) bond motifs is 1. The van der Waals surface area contributed by atoms with Gasteiger partial charge in [-0.15, -0.1) is 5.10 Å². The first-order valence-electron chi connectivity index (χ1n) is 9.31. The van der Waals surface area contributed by atoms with Crippen LogP contribution in [0.4, 0.5) is 24.8 Å². The van der Waals surface area contributed by atoms with Crippen molar-refractivity contribution in [3.63, 3.8) is 0 Å². The van der Waals surface area contributed by atoms with Crippen molar-refractivity contribution < 1.29 is 32.3 Å². The number of carbonyl (C=O) groups excluding carboxylic acids is 3. The van der Waals surface area contributed by atoms with Gasteiger partial charge in [-0.25, -0.2) is 14.3 Å². The molecule has 3 rings (SSSR count). The lowest BCUT2D eigenvalue weighted by molar-refractivity contribution is -0.199. The van der Waals surface area contributed by atoms with Crippen molar-refractivity contribution in [2.45, 2.75) is 12.7 Å². The molecule has 16 heteroatoms. The minimum Gasteiger partial charge on any atom is -0.457 e. The molecule has 0 spiro atoms. The maximum atomic E-state index is 12.8. The molecule has 0 aromatic carbocycles. The highest BCUT2D eigenvalue weighted by molar-refractivity contribution is 6.07. The third-order valence-corrected chi connectivity index (χ3v) is 4.09. The Morgan fingerprint density at radius 1 is 1.18 bits per heavy atom. The van der Waals surface area contributed by atoms with Gasteiger partial charge in [-0.3, -0.25) is 14.3 Å². The van der Waals surface area contributed by atoms with Gasteiger partial charge in [0.1, 0.15) is 12.3 Å². The molecule has 33 heavy (non-hydrogen) atoms. The maximum absolute atomic E-state index is 12.8. The van der Waals surface area contributed by atoms with E-state index in [0.717, 1.165) is 4.68 Å². The number of nitrogens with two attached hydrogens (primary N) is 2. The van der Waals surface area contributed by atoms with Crippen LogP contribution in [0.2, 0.25) is 0 Å². The number of nitrogens with one attached hydrogen (secondary N) is 2. The lowest BCUT2D eigenvalue weighted by Crippen LogP contribution is -2.26. The molecule has 0 saturated heterocycles. The monoisotopic (exact) mass is 469 g/mol. The standard InChI is InChI=1S/C17H18F3N9O4/c18-17(19,20)15(32)33-6-5-28-8-10(12(26-28)13(22)30)25-14(31)11-2-1-9-7-24-16(23-4-3-21)27-29(9)11/h1-2,7-8H,3-6,21H2,(H2,22,30)(H,23,27)(H,25,31). The van der Waals surface area contributed by atoms with Crippen LogP contribution in [0.15, 0.2) is 24.5 Å². The van der Waals surface area contributed by atoms with Crippen molar-refractivity contribution in [2.24, 2.45) is 11.5 Å². The fourth-order valence-electron chi connectivity index (χ4n) is 2.65. The highest BCUT2D eigenvalue weighted by Gasteiger charge is 2.40. The topological polar surface area (TPSA) is 185 Å². The summed E-state index contributed by atoms with van der Waals surface area (Å²) in [5.41, 5.74) is 10.9. The summed E-state index contributed by atoms with van der Waals surface area (Å²) >= 11 is 0. The molecule has 176 valence electrons.